The fourth-order valence-electron chi connectivity index (χ4n) is 2.50. The van der Waals surface area contributed by atoms with Crippen LogP contribution in [0.15, 0.2) is 54.6 Å². The van der Waals surface area contributed by atoms with Gasteiger partial charge in [0.15, 0.2) is 0 Å². The van der Waals surface area contributed by atoms with Crippen LogP contribution in [0.4, 0.5) is 13.2 Å². The van der Waals surface area contributed by atoms with Crippen LogP contribution >= 0.6 is 0 Å². The van der Waals surface area contributed by atoms with E-state index in [0.717, 1.165) is 0 Å². The second-order valence-electron chi connectivity index (χ2n) is 6.89. The lowest BCUT2D eigenvalue weighted by molar-refractivity contribution is -0.147. The molecule has 2 aromatic carbocycles. The number of carbonyl (C=O) groups excluding carboxylic acids is 3. The number of esters is 3. The third-order valence-electron chi connectivity index (χ3n) is 4.10. The van der Waals surface area contributed by atoms with Gasteiger partial charge in [-0.15, -0.1) is 0 Å². The number of hydrogen-bond acceptors (Lipinski definition) is 7. The average Bonchev–Trinajstić information content (AvgIpc) is 2.79. The van der Waals surface area contributed by atoms with Crippen molar-refractivity contribution >= 4 is 24.0 Å². The Hall–Kier alpha value is -3.82. The van der Waals surface area contributed by atoms with Gasteiger partial charge in [-0.3, -0.25) is 4.79 Å². The molecule has 2 rings (SSSR count). The number of hydrogen-bond donors (Lipinski definition) is 0. The summed E-state index contributed by atoms with van der Waals surface area (Å²) in [7, 11) is 0. The molecular formula is C24H23F3O7. The average molecular weight is 480 g/mol. The van der Waals surface area contributed by atoms with Crippen LogP contribution in [0.3, 0.4) is 0 Å². The normalized spacial score (nSPS) is 11.2. The van der Waals surface area contributed by atoms with Gasteiger partial charge in [-0.05, 0) is 54.5 Å². The quantitative estimate of drug-likeness (QED) is 0.199. The highest BCUT2D eigenvalue weighted by Gasteiger charge is 2.26. The van der Waals surface area contributed by atoms with Crippen molar-refractivity contribution in [2.45, 2.75) is 25.9 Å². The lowest BCUT2D eigenvalue weighted by Gasteiger charge is -2.09. The predicted octanol–water partition coefficient (Wildman–Crippen LogP) is 4.75. The van der Waals surface area contributed by atoms with E-state index in [-0.39, 0.29) is 37.6 Å². The van der Waals surface area contributed by atoms with Crippen molar-refractivity contribution in [2.24, 2.45) is 0 Å². The molecule has 10 heteroatoms. The smallest absolute Gasteiger partial charge is 0.389 e. The molecule has 0 radical (unpaired) electrons. The Kier molecular flexibility index (Phi) is 10.1. The topological polar surface area (TPSA) is 88.1 Å². The van der Waals surface area contributed by atoms with E-state index in [0.29, 0.717) is 11.3 Å². The molecule has 2 aromatic rings. The van der Waals surface area contributed by atoms with Crippen molar-refractivity contribution in [1.29, 1.82) is 0 Å². The van der Waals surface area contributed by atoms with Gasteiger partial charge in [-0.1, -0.05) is 12.1 Å². The Morgan fingerprint density at radius 3 is 2.09 bits per heavy atom. The molecule has 0 bridgehead atoms. The highest BCUT2D eigenvalue weighted by Crippen LogP contribution is 2.22. The van der Waals surface area contributed by atoms with Crippen LogP contribution in [0.2, 0.25) is 0 Å². The van der Waals surface area contributed by atoms with Gasteiger partial charge in [0.25, 0.3) is 0 Å². The Morgan fingerprint density at radius 1 is 0.853 bits per heavy atom. The van der Waals surface area contributed by atoms with Gasteiger partial charge >= 0.3 is 24.1 Å². The summed E-state index contributed by atoms with van der Waals surface area (Å²) in [5.74, 6) is -1.06. The molecule has 0 aliphatic rings. The highest BCUT2D eigenvalue weighted by atomic mass is 19.4. The zero-order valence-corrected chi connectivity index (χ0v) is 18.3. The molecule has 0 aliphatic carbocycles. The maximum Gasteiger partial charge on any atom is 0.389 e. The van der Waals surface area contributed by atoms with Gasteiger partial charge in [-0.2, -0.15) is 13.2 Å². The summed E-state index contributed by atoms with van der Waals surface area (Å²) in [5.41, 5.74) is 0.895. The summed E-state index contributed by atoms with van der Waals surface area (Å²) >= 11 is 0. The molecule has 7 nitrogen and oxygen atoms in total. The Bertz CT molecular complexity index is 981. The van der Waals surface area contributed by atoms with Gasteiger partial charge in [0.1, 0.15) is 24.7 Å². The first kappa shape index (κ1) is 26.4. The molecule has 0 fully saturated rings. The summed E-state index contributed by atoms with van der Waals surface area (Å²) in [4.78, 5) is 34.5. The first-order valence-electron chi connectivity index (χ1n) is 10.2. The molecule has 182 valence electrons. The Morgan fingerprint density at radius 2 is 1.47 bits per heavy atom. The van der Waals surface area contributed by atoms with E-state index < -0.39 is 30.5 Å². The molecule has 34 heavy (non-hydrogen) atoms. The summed E-state index contributed by atoms with van der Waals surface area (Å²) in [6, 6.07) is 12.2. The van der Waals surface area contributed by atoms with Crippen molar-refractivity contribution in [3.05, 3.63) is 65.7 Å². The molecule has 0 atom stereocenters. The van der Waals surface area contributed by atoms with E-state index in [1.54, 1.807) is 24.3 Å². The maximum atomic E-state index is 12.3. The second-order valence-corrected chi connectivity index (χ2v) is 6.89. The number of halogens is 3. The lowest BCUT2D eigenvalue weighted by atomic mass is 10.2. The van der Waals surface area contributed by atoms with Crippen LogP contribution in [0.5, 0.6) is 11.5 Å². The van der Waals surface area contributed by atoms with Crippen LogP contribution in [-0.2, 0) is 19.1 Å². The van der Waals surface area contributed by atoms with Crippen LogP contribution in [-0.4, -0.2) is 43.9 Å². The SMILES string of the molecule is CC(=O)OCCOC(=O)/C=C/c1ccc(OC(=O)c2ccc(OCCCC(F)(F)F)cc2)cc1. The van der Waals surface area contributed by atoms with E-state index in [4.69, 9.17) is 14.2 Å². The molecular weight excluding hydrogens is 457 g/mol. The summed E-state index contributed by atoms with van der Waals surface area (Å²) < 4.78 is 56.4. The van der Waals surface area contributed by atoms with Crippen LogP contribution in [0.1, 0.15) is 35.7 Å². The number of carbonyl (C=O) groups is 3. The standard InChI is InChI=1S/C24H23F3O7/c1-17(28)31-15-16-33-22(29)12-5-18-3-8-21(9-4-18)34-23(30)19-6-10-20(11-7-19)32-14-2-13-24(25,26)27/h3-12H,2,13-16H2,1H3/b12-5+. The van der Waals surface area contributed by atoms with Gasteiger partial charge in [0.2, 0.25) is 0 Å². The van der Waals surface area contributed by atoms with Crippen molar-refractivity contribution < 1.29 is 46.5 Å². The fourth-order valence-corrected chi connectivity index (χ4v) is 2.50. The van der Waals surface area contributed by atoms with Crippen molar-refractivity contribution in [2.75, 3.05) is 19.8 Å². The molecule has 0 saturated carbocycles. The number of ether oxygens (including phenoxy) is 4. The molecule has 0 aliphatic heterocycles. The monoisotopic (exact) mass is 480 g/mol. The Balaban J connectivity index is 1.78. The van der Waals surface area contributed by atoms with Crippen LogP contribution < -0.4 is 9.47 Å². The van der Waals surface area contributed by atoms with E-state index in [9.17, 15) is 27.6 Å². The number of rotatable bonds is 11. The van der Waals surface area contributed by atoms with E-state index in [2.05, 4.69) is 4.74 Å². The first-order chi connectivity index (χ1) is 16.1. The zero-order chi connectivity index (χ0) is 25.0. The van der Waals surface area contributed by atoms with E-state index in [1.807, 2.05) is 0 Å². The minimum atomic E-state index is -4.22. The van der Waals surface area contributed by atoms with Crippen LogP contribution in [0, 0.1) is 0 Å². The van der Waals surface area contributed by atoms with E-state index >= 15 is 0 Å². The fraction of sp³-hybridized carbons (Fsp3) is 0.292. The van der Waals surface area contributed by atoms with Crippen molar-refractivity contribution in [1.82, 2.24) is 0 Å². The molecule has 0 aromatic heterocycles. The van der Waals surface area contributed by atoms with Gasteiger partial charge in [0, 0.05) is 19.4 Å². The lowest BCUT2D eigenvalue weighted by Crippen LogP contribution is -2.10. The minimum absolute atomic E-state index is 0.0211. The molecule has 0 unspecified atom stereocenters. The van der Waals surface area contributed by atoms with E-state index in [1.165, 1.54) is 43.3 Å². The maximum absolute atomic E-state index is 12.3. The van der Waals surface area contributed by atoms with Gasteiger partial charge in [-0.25, -0.2) is 9.59 Å². The highest BCUT2D eigenvalue weighted by molar-refractivity contribution is 5.91. The largest absolute Gasteiger partial charge is 0.494 e. The second kappa shape index (κ2) is 13.0. The molecule has 0 amide bonds. The molecule has 0 heterocycles. The predicted molar refractivity (Wildman–Crippen MR) is 115 cm³/mol. The summed E-state index contributed by atoms with van der Waals surface area (Å²) in [6.45, 7) is 1.09. The van der Waals surface area contributed by atoms with Crippen LogP contribution in [0.25, 0.3) is 6.08 Å². The Labute approximate surface area is 194 Å². The summed E-state index contributed by atoms with van der Waals surface area (Å²) in [5, 5.41) is 0. The first-order valence-corrected chi connectivity index (χ1v) is 10.2. The molecule has 0 saturated heterocycles. The molecule has 0 N–H and O–H groups in total. The van der Waals surface area contributed by atoms with Crippen molar-refractivity contribution in [3.8, 4) is 11.5 Å². The van der Waals surface area contributed by atoms with Gasteiger partial charge in [0.05, 0.1) is 12.2 Å². The zero-order valence-electron chi connectivity index (χ0n) is 18.3. The third-order valence-corrected chi connectivity index (χ3v) is 4.10. The number of alkyl halides is 3. The summed E-state index contributed by atoms with van der Waals surface area (Å²) in [6.07, 6.45) is -2.58. The third kappa shape index (κ3) is 10.7. The minimum Gasteiger partial charge on any atom is -0.494 e. The van der Waals surface area contributed by atoms with Gasteiger partial charge < -0.3 is 18.9 Å². The number of benzene rings is 2. The van der Waals surface area contributed by atoms with Crippen molar-refractivity contribution in [3.63, 3.8) is 0 Å². The molecule has 0 spiro atoms.